The molecule has 0 saturated heterocycles. The summed E-state index contributed by atoms with van der Waals surface area (Å²) in [5.41, 5.74) is 0. The molecule has 0 aliphatic heterocycles. The predicted octanol–water partition coefficient (Wildman–Crippen LogP) is 12.0. The van der Waals surface area contributed by atoms with Crippen LogP contribution in [-0.2, 0) is 0 Å². The fraction of sp³-hybridized carbons (Fsp3) is 1.00. The van der Waals surface area contributed by atoms with Crippen LogP contribution in [0.15, 0.2) is 0 Å². The zero-order chi connectivity index (χ0) is 25.5. The van der Waals surface area contributed by atoms with E-state index in [9.17, 15) is 0 Å². The summed E-state index contributed by atoms with van der Waals surface area (Å²) < 4.78 is 0. The second-order valence-corrected chi connectivity index (χ2v) is 15.7. The Morgan fingerprint density at radius 1 is 0.216 bits per heavy atom. The van der Waals surface area contributed by atoms with Crippen molar-refractivity contribution in [3.05, 3.63) is 0 Å². The average molecular weight is 511 g/mol. The van der Waals surface area contributed by atoms with E-state index in [4.69, 9.17) is 0 Å². The lowest BCUT2D eigenvalue weighted by molar-refractivity contribution is 0.115. The Kier molecular flexibility index (Phi) is 11.2. The van der Waals surface area contributed by atoms with Gasteiger partial charge in [0.15, 0.2) is 0 Å². The number of hydrogen-bond donors (Lipinski definition) is 0. The molecular formula is C37H66. The first-order chi connectivity index (χ1) is 18.2. The standard InChI is InChI=1S/5C7H12.C2H6/c5*1-2-6-4-7(3-1)5-6;1-2/h5*6-7H,1-5H2;1-2H3. The molecule has 0 aromatic carbocycles. The minimum atomic E-state index is 1.18. The normalized spacial score (nSPS) is 45.6. The summed E-state index contributed by atoms with van der Waals surface area (Å²) in [4.78, 5) is 0. The molecule has 15 fully saturated rings. The van der Waals surface area contributed by atoms with Crippen molar-refractivity contribution in [1.82, 2.24) is 0 Å². The van der Waals surface area contributed by atoms with Gasteiger partial charge < -0.3 is 0 Å². The molecular weight excluding hydrogens is 444 g/mol. The summed E-state index contributed by atoms with van der Waals surface area (Å²) in [6.07, 6.45) is 39.0. The molecule has 0 aromatic rings. The lowest BCUT2D eigenvalue weighted by atomic mass is 9.65. The van der Waals surface area contributed by atoms with Gasteiger partial charge in [-0.25, -0.2) is 0 Å². The van der Waals surface area contributed by atoms with Crippen LogP contribution in [0.3, 0.4) is 0 Å². The molecule has 214 valence electrons. The molecule has 15 aliphatic rings. The van der Waals surface area contributed by atoms with Crippen LogP contribution in [0, 0.1) is 59.2 Å². The van der Waals surface area contributed by atoms with E-state index in [0.29, 0.717) is 0 Å². The van der Waals surface area contributed by atoms with Crippen molar-refractivity contribution in [2.45, 2.75) is 174 Å². The first kappa shape index (κ1) is 28.5. The highest BCUT2D eigenvalue weighted by atomic mass is 14.4. The lowest BCUT2D eigenvalue weighted by Crippen LogP contribution is -2.28. The van der Waals surface area contributed by atoms with Gasteiger partial charge in [0.05, 0.1) is 0 Å². The van der Waals surface area contributed by atoms with Gasteiger partial charge in [-0.1, -0.05) is 110 Å². The maximum Gasteiger partial charge on any atom is -0.0409 e. The van der Waals surface area contributed by atoms with Crippen LogP contribution in [-0.4, -0.2) is 0 Å². The third-order valence-electron chi connectivity index (χ3n) is 12.8. The third kappa shape index (κ3) is 8.49. The van der Waals surface area contributed by atoms with Crippen LogP contribution in [0.4, 0.5) is 0 Å². The van der Waals surface area contributed by atoms with Crippen molar-refractivity contribution in [2.24, 2.45) is 59.2 Å². The van der Waals surface area contributed by atoms with E-state index >= 15 is 0 Å². The summed E-state index contributed by atoms with van der Waals surface area (Å²) >= 11 is 0. The second-order valence-electron chi connectivity index (χ2n) is 15.7. The van der Waals surface area contributed by atoms with Gasteiger partial charge in [-0.3, -0.25) is 0 Å². The Bertz CT molecular complexity index is 411. The summed E-state index contributed by atoms with van der Waals surface area (Å²) in [6.45, 7) is 4.00. The minimum absolute atomic E-state index is 1.18. The van der Waals surface area contributed by atoms with E-state index in [1.807, 2.05) is 13.8 Å². The molecule has 0 nitrogen and oxygen atoms in total. The lowest BCUT2D eigenvalue weighted by Gasteiger charge is -2.40. The summed E-state index contributed by atoms with van der Waals surface area (Å²) in [5, 5.41) is 0. The van der Waals surface area contributed by atoms with Gasteiger partial charge >= 0.3 is 0 Å². The molecule has 0 unspecified atom stereocenters. The highest BCUT2D eigenvalue weighted by Crippen LogP contribution is 2.47. The maximum atomic E-state index is 2.00. The molecule has 10 bridgehead atoms. The zero-order valence-electron chi connectivity index (χ0n) is 25.5. The van der Waals surface area contributed by atoms with Crippen LogP contribution in [0.2, 0.25) is 0 Å². The van der Waals surface area contributed by atoms with Gasteiger partial charge in [0, 0.05) is 0 Å². The van der Waals surface area contributed by atoms with Crippen molar-refractivity contribution in [3.63, 3.8) is 0 Å². The Morgan fingerprint density at radius 3 is 0.351 bits per heavy atom. The molecule has 0 radical (unpaired) electrons. The van der Waals surface area contributed by atoms with Gasteiger partial charge in [-0.15, -0.1) is 0 Å². The predicted molar refractivity (Wildman–Crippen MR) is 162 cm³/mol. The van der Waals surface area contributed by atoms with E-state index in [1.165, 1.54) is 91.3 Å². The SMILES string of the molecule is C1CC2CC(C1)C2.C1CC2CC(C1)C2.C1CC2CC(C1)C2.C1CC2CC(C1)C2.C1CC2CC(C1)C2.CC. The highest BCUT2D eigenvalue weighted by molar-refractivity contribution is 4.86. The van der Waals surface area contributed by atoms with Crippen LogP contribution >= 0.6 is 0 Å². The molecule has 0 heterocycles. The van der Waals surface area contributed by atoms with Gasteiger partial charge in [-0.05, 0) is 123 Å². The maximum absolute atomic E-state index is 2.00. The van der Waals surface area contributed by atoms with Gasteiger partial charge in [0.2, 0.25) is 0 Å². The minimum Gasteiger partial charge on any atom is -0.0683 e. The number of rotatable bonds is 0. The van der Waals surface area contributed by atoms with E-state index in [2.05, 4.69) is 0 Å². The second kappa shape index (κ2) is 14.6. The van der Waals surface area contributed by atoms with E-state index in [0.717, 1.165) is 0 Å². The number of fused-ring (bicyclic) bond motifs is 10. The molecule has 0 amide bonds. The fourth-order valence-electron chi connectivity index (χ4n) is 10.2. The number of hydrogen-bond acceptors (Lipinski definition) is 0. The zero-order valence-corrected chi connectivity index (χ0v) is 25.5. The Hall–Kier alpha value is 0. The Labute approximate surface area is 233 Å². The molecule has 15 rings (SSSR count). The van der Waals surface area contributed by atoms with Gasteiger partial charge in [0.1, 0.15) is 0 Å². The molecule has 15 saturated carbocycles. The Balaban J connectivity index is 0.0000000931. The molecule has 37 heavy (non-hydrogen) atoms. The molecule has 0 aromatic heterocycles. The first-order valence-corrected chi connectivity index (χ1v) is 18.2. The van der Waals surface area contributed by atoms with Crippen molar-refractivity contribution in [1.29, 1.82) is 0 Å². The largest absolute Gasteiger partial charge is 0.0683 e. The molecule has 15 aliphatic carbocycles. The van der Waals surface area contributed by atoms with Crippen molar-refractivity contribution >= 4 is 0 Å². The summed E-state index contributed by atoms with van der Waals surface area (Å²) in [6, 6.07) is 0. The van der Waals surface area contributed by atoms with E-state index in [-0.39, 0.29) is 0 Å². The monoisotopic (exact) mass is 511 g/mol. The molecule has 0 N–H and O–H groups in total. The quantitative estimate of drug-likeness (QED) is 0.304. The van der Waals surface area contributed by atoms with Crippen LogP contribution in [0.1, 0.15) is 174 Å². The van der Waals surface area contributed by atoms with Crippen LogP contribution < -0.4 is 0 Å². The van der Waals surface area contributed by atoms with E-state index < -0.39 is 0 Å². The van der Waals surface area contributed by atoms with Crippen molar-refractivity contribution < 1.29 is 0 Å². The molecule has 0 atom stereocenters. The Morgan fingerprint density at radius 2 is 0.324 bits per heavy atom. The van der Waals surface area contributed by atoms with Gasteiger partial charge in [-0.2, -0.15) is 0 Å². The third-order valence-corrected chi connectivity index (χ3v) is 12.8. The summed E-state index contributed by atoms with van der Waals surface area (Å²) in [5.74, 6) is 11.8. The van der Waals surface area contributed by atoms with Crippen LogP contribution in [0.25, 0.3) is 0 Å². The molecule has 0 spiro atoms. The average Bonchev–Trinajstić information content (AvgIpc) is 2.92. The first-order valence-electron chi connectivity index (χ1n) is 18.2. The van der Waals surface area contributed by atoms with Gasteiger partial charge in [0.25, 0.3) is 0 Å². The van der Waals surface area contributed by atoms with Crippen molar-refractivity contribution in [2.75, 3.05) is 0 Å². The highest BCUT2D eigenvalue weighted by Gasteiger charge is 2.34. The smallest absolute Gasteiger partial charge is 0.0409 e. The van der Waals surface area contributed by atoms with Crippen molar-refractivity contribution in [3.8, 4) is 0 Å². The molecule has 0 heteroatoms. The fourth-order valence-corrected chi connectivity index (χ4v) is 10.2. The topological polar surface area (TPSA) is 0 Å². The van der Waals surface area contributed by atoms with Crippen LogP contribution in [0.5, 0.6) is 0 Å². The van der Waals surface area contributed by atoms with E-state index in [1.54, 1.807) is 128 Å². The summed E-state index contributed by atoms with van der Waals surface area (Å²) in [7, 11) is 0.